The van der Waals surface area contributed by atoms with Crippen LogP contribution in [0.25, 0.3) is 0 Å². The van der Waals surface area contributed by atoms with Crippen LogP contribution < -0.4 is 11.2 Å². The second-order valence-electron chi connectivity index (χ2n) is 6.42. The summed E-state index contributed by atoms with van der Waals surface area (Å²) in [5.74, 6) is 5.11. The molecule has 0 spiro atoms. The van der Waals surface area contributed by atoms with E-state index >= 15 is 0 Å². The summed E-state index contributed by atoms with van der Waals surface area (Å²) in [4.78, 5) is 26.0. The van der Waals surface area contributed by atoms with Gasteiger partial charge in [0.25, 0.3) is 5.56 Å². The number of aliphatic hydroxyl groups excluding tert-OH is 3. The van der Waals surface area contributed by atoms with E-state index in [1.807, 2.05) is 13.0 Å². The minimum absolute atomic E-state index is 0.0186. The summed E-state index contributed by atoms with van der Waals surface area (Å²) >= 11 is 0. The van der Waals surface area contributed by atoms with E-state index in [2.05, 4.69) is 16.8 Å². The van der Waals surface area contributed by atoms with Crippen molar-refractivity contribution in [2.24, 2.45) is 0 Å². The van der Waals surface area contributed by atoms with Crippen LogP contribution in [0, 0.1) is 18.8 Å². The summed E-state index contributed by atoms with van der Waals surface area (Å²) in [6.07, 6.45) is -5.42. The third kappa shape index (κ3) is 3.59. The molecule has 0 saturated carbocycles. The fourth-order valence-corrected chi connectivity index (χ4v) is 3.12. The summed E-state index contributed by atoms with van der Waals surface area (Å²) in [7, 11) is 0. The van der Waals surface area contributed by atoms with Crippen molar-refractivity contribution in [1.82, 2.24) is 9.55 Å². The number of aliphatic hydroxyl groups is 3. The predicted molar refractivity (Wildman–Crippen MR) is 95.9 cm³/mol. The lowest BCUT2D eigenvalue weighted by Crippen LogP contribution is -2.38. The molecule has 2 aromatic rings. The van der Waals surface area contributed by atoms with Crippen molar-refractivity contribution in [3.05, 3.63) is 68.0 Å². The summed E-state index contributed by atoms with van der Waals surface area (Å²) < 4.78 is 6.58. The maximum Gasteiger partial charge on any atom is 0.330 e. The molecule has 3 rings (SSSR count). The highest BCUT2D eigenvalue weighted by Crippen LogP contribution is 2.35. The van der Waals surface area contributed by atoms with Gasteiger partial charge < -0.3 is 20.1 Å². The van der Waals surface area contributed by atoms with Crippen molar-refractivity contribution < 1.29 is 20.1 Å². The van der Waals surface area contributed by atoms with E-state index in [0.717, 1.165) is 10.1 Å². The van der Waals surface area contributed by atoms with Crippen molar-refractivity contribution in [2.75, 3.05) is 0 Å². The van der Waals surface area contributed by atoms with Crippen LogP contribution in [-0.4, -0.2) is 43.2 Å². The zero-order chi connectivity index (χ0) is 19.7. The van der Waals surface area contributed by atoms with Crippen LogP contribution in [0.1, 0.15) is 35.9 Å². The highest BCUT2D eigenvalue weighted by atomic mass is 16.6. The third-order valence-corrected chi connectivity index (χ3v) is 4.47. The Morgan fingerprint density at radius 2 is 2.00 bits per heavy atom. The second kappa shape index (κ2) is 7.50. The molecule has 5 atom stereocenters. The monoisotopic (exact) mass is 372 g/mol. The van der Waals surface area contributed by atoms with Gasteiger partial charge in [0.1, 0.15) is 30.0 Å². The Labute approximate surface area is 154 Å². The molecule has 4 N–H and O–H groups in total. The van der Waals surface area contributed by atoms with Crippen LogP contribution in [0.4, 0.5) is 0 Å². The molecule has 1 aromatic carbocycles. The van der Waals surface area contributed by atoms with Crippen molar-refractivity contribution >= 4 is 0 Å². The molecular formula is C19H20N2O6. The van der Waals surface area contributed by atoms with Gasteiger partial charge in [0, 0.05) is 6.20 Å². The molecule has 27 heavy (non-hydrogen) atoms. The number of nitrogens with one attached hydrogen (secondary N) is 1. The van der Waals surface area contributed by atoms with E-state index in [0.29, 0.717) is 5.56 Å². The zero-order valence-electron chi connectivity index (χ0n) is 14.8. The summed E-state index contributed by atoms with van der Waals surface area (Å²) in [5.41, 5.74) is -0.0299. The number of ether oxygens (including phenoxy) is 1. The van der Waals surface area contributed by atoms with Crippen molar-refractivity contribution in [3.8, 4) is 11.8 Å². The number of H-pyrrole nitrogens is 1. The van der Waals surface area contributed by atoms with E-state index in [1.54, 1.807) is 18.2 Å². The molecule has 0 radical (unpaired) electrons. The highest BCUT2D eigenvalue weighted by molar-refractivity contribution is 5.29. The van der Waals surface area contributed by atoms with Crippen LogP contribution in [0.15, 0.2) is 40.1 Å². The fraction of sp³-hybridized carbons (Fsp3) is 0.368. The van der Waals surface area contributed by atoms with Crippen LogP contribution >= 0.6 is 0 Å². The SMILES string of the molecule is CC#Cc1cn([C@@H]2O[C@H](C(O)c3cccc(C)c3)[C@@H](O)[C@H]2O)c(=O)[nH]c1=O. The first-order valence-electron chi connectivity index (χ1n) is 8.38. The summed E-state index contributed by atoms with van der Waals surface area (Å²) in [5, 5.41) is 31.3. The first-order valence-corrected chi connectivity index (χ1v) is 8.38. The number of nitrogens with zero attached hydrogens (tertiary/aromatic N) is 1. The van der Waals surface area contributed by atoms with Gasteiger partial charge in [-0.2, -0.15) is 0 Å². The number of aryl methyl sites for hydroxylation is 1. The topological polar surface area (TPSA) is 125 Å². The van der Waals surface area contributed by atoms with Gasteiger partial charge in [-0.05, 0) is 19.4 Å². The molecule has 1 saturated heterocycles. The van der Waals surface area contributed by atoms with Crippen LogP contribution in [0.3, 0.4) is 0 Å². The minimum Gasteiger partial charge on any atom is -0.387 e. The van der Waals surface area contributed by atoms with Gasteiger partial charge in [0.2, 0.25) is 0 Å². The second-order valence-corrected chi connectivity index (χ2v) is 6.42. The molecule has 0 bridgehead atoms. The predicted octanol–water partition coefficient (Wildman–Crippen LogP) is -0.431. The summed E-state index contributed by atoms with van der Waals surface area (Å²) in [6.45, 7) is 3.39. The molecule has 0 aliphatic carbocycles. The van der Waals surface area contributed by atoms with E-state index in [4.69, 9.17) is 4.74 Å². The number of rotatable bonds is 3. The van der Waals surface area contributed by atoms with Crippen LogP contribution in [0.2, 0.25) is 0 Å². The Morgan fingerprint density at radius 1 is 1.26 bits per heavy atom. The molecule has 1 aromatic heterocycles. The van der Waals surface area contributed by atoms with Crippen LogP contribution in [-0.2, 0) is 4.74 Å². The van der Waals surface area contributed by atoms with Gasteiger partial charge in [-0.3, -0.25) is 14.3 Å². The molecule has 0 amide bonds. The standard InChI is InChI=1S/C19H20N2O6/c1-3-5-12-9-21(19(26)20-17(12)25)18-15(24)14(23)16(27-18)13(22)11-7-4-6-10(2)8-11/h4,6-9,13-16,18,22-24H,1-2H3,(H,20,25,26)/t13?,14-,15+,16+,18+/m0/s1. The summed E-state index contributed by atoms with van der Waals surface area (Å²) in [6, 6.07) is 7.03. The van der Waals surface area contributed by atoms with E-state index < -0.39 is 41.9 Å². The zero-order valence-corrected chi connectivity index (χ0v) is 14.8. The number of hydrogen-bond acceptors (Lipinski definition) is 6. The minimum atomic E-state index is -1.49. The van der Waals surface area contributed by atoms with E-state index in [9.17, 15) is 24.9 Å². The Kier molecular flexibility index (Phi) is 5.30. The lowest BCUT2D eigenvalue weighted by molar-refractivity contribution is -0.0874. The molecule has 1 unspecified atom stereocenters. The first kappa shape index (κ1) is 19.1. The molecule has 1 aliphatic rings. The molecule has 2 heterocycles. The normalized spacial score (nSPS) is 25.7. The maximum atomic E-state index is 12.2. The molecule has 1 fully saturated rings. The number of aromatic amines is 1. The van der Waals surface area contributed by atoms with Crippen molar-refractivity contribution in [2.45, 2.75) is 44.5 Å². The third-order valence-electron chi connectivity index (χ3n) is 4.47. The van der Waals surface area contributed by atoms with Gasteiger partial charge in [-0.15, -0.1) is 5.92 Å². The molecule has 142 valence electrons. The lowest BCUT2D eigenvalue weighted by Gasteiger charge is -2.21. The Morgan fingerprint density at radius 3 is 2.67 bits per heavy atom. The highest BCUT2D eigenvalue weighted by Gasteiger charge is 2.47. The number of benzene rings is 1. The fourth-order valence-electron chi connectivity index (χ4n) is 3.12. The molecular weight excluding hydrogens is 352 g/mol. The maximum absolute atomic E-state index is 12.2. The molecule has 8 nitrogen and oxygen atoms in total. The van der Waals surface area contributed by atoms with Crippen molar-refractivity contribution in [1.29, 1.82) is 0 Å². The number of aromatic nitrogens is 2. The molecule has 8 heteroatoms. The van der Waals surface area contributed by atoms with E-state index in [-0.39, 0.29) is 5.56 Å². The first-order chi connectivity index (χ1) is 12.8. The Hall–Kier alpha value is -2.70. The molecule has 1 aliphatic heterocycles. The van der Waals surface area contributed by atoms with Gasteiger partial charge in [0.05, 0.1) is 0 Å². The number of hydrogen-bond donors (Lipinski definition) is 4. The van der Waals surface area contributed by atoms with E-state index in [1.165, 1.54) is 13.1 Å². The van der Waals surface area contributed by atoms with Crippen LogP contribution in [0.5, 0.6) is 0 Å². The average Bonchev–Trinajstić information content (AvgIpc) is 2.92. The Balaban J connectivity index is 1.95. The van der Waals surface area contributed by atoms with Crippen molar-refractivity contribution in [3.63, 3.8) is 0 Å². The van der Waals surface area contributed by atoms with Gasteiger partial charge in [0.15, 0.2) is 6.23 Å². The smallest absolute Gasteiger partial charge is 0.330 e. The average molecular weight is 372 g/mol. The largest absolute Gasteiger partial charge is 0.387 e. The quantitative estimate of drug-likeness (QED) is 0.542. The lowest BCUT2D eigenvalue weighted by atomic mass is 9.98. The van der Waals surface area contributed by atoms with Gasteiger partial charge >= 0.3 is 5.69 Å². The van der Waals surface area contributed by atoms with Gasteiger partial charge in [-0.1, -0.05) is 35.7 Å². The van der Waals surface area contributed by atoms with Gasteiger partial charge in [-0.25, -0.2) is 4.79 Å². The Bertz CT molecular complexity index is 1020.